The SMILES string of the molecule is COc1nc(/C=C/C2NC3[C@H](c4ccccc4OC(F)F)CCCN3N2)ccc1-n1cnc(C)c1. The fourth-order valence-corrected chi connectivity index (χ4v) is 4.80. The van der Waals surface area contributed by atoms with Gasteiger partial charge in [-0.1, -0.05) is 18.2 Å². The minimum Gasteiger partial charge on any atom is -0.479 e. The lowest BCUT2D eigenvalue weighted by Crippen LogP contribution is -2.47. The summed E-state index contributed by atoms with van der Waals surface area (Å²) in [6.07, 6.45) is 9.22. The molecule has 0 bridgehead atoms. The number of hydrazine groups is 1. The Morgan fingerprint density at radius 2 is 2.06 bits per heavy atom. The van der Waals surface area contributed by atoms with Crippen molar-refractivity contribution in [2.24, 2.45) is 0 Å². The number of fused-ring (bicyclic) bond motifs is 1. The normalized spacial score (nSPS) is 22.6. The molecular weight excluding hydrogens is 454 g/mol. The molecule has 2 fully saturated rings. The van der Waals surface area contributed by atoms with E-state index in [2.05, 4.69) is 25.7 Å². The number of para-hydroxylation sites is 1. The maximum absolute atomic E-state index is 12.9. The van der Waals surface area contributed by atoms with Crippen LogP contribution in [0.25, 0.3) is 11.8 Å². The minimum atomic E-state index is -2.85. The van der Waals surface area contributed by atoms with E-state index in [1.165, 1.54) is 0 Å². The molecule has 3 atom stereocenters. The maximum atomic E-state index is 12.9. The lowest BCUT2D eigenvalue weighted by Gasteiger charge is -2.36. The number of methoxy groups -OCH3 is 1. The quantitative estimate of drug-likeness (QED) is 0.530. The Balaban J connectivity index is 1.31. The van der Waals surface area contributed by atoms with Gasteiger partial charge in [0.2, 0.25) is 5.88 Å². The van der Waals surface area contributed by atoms with Gasteiger partial charge in [-0.3, -0.25) is 5.32 Å². The molecule has 0 spiro atoms. The average Bonchev–Trinajstić information content (AvgIpc) is 3.48. The predicted octanol–water partition coefficient (Wildman–Crippen LogP) is 3.84. The monoisotopic (exact) mass is 482 g/mol. The van der Waals surface area contributed by atoms with Crippen LogP contribution in [0.5, 0.6) is 11.6 Å². The Morgan fingerprint density at radius 1 is 1.20 bits per heavy atom. The van der Waals surface area contributed by atoms with Crippen molar-refractivity contribution in [1.82, 2.24) is 30.3 Å². The van der Waals surface area contributed by atoms with Gasteiger partial charge in [0.05, 0.1) is 37.2 Å². The summed E-state index contributed by atoms with van der Waals surface area (Å²) in [5.74, 6) is 0.755. The number of pyridine rings is 1. The first-order chi connectivity index (χ1) is 17.0. The smallest absolute Gasteiger partial charge is 0.387 e. The van der Waals surface area contributed by atoms with Crippen LogP contribution in [0.15, 0.2) is 55.0 Å². The van der Waals surface area contributed by atoms with E-state index in [0.29, 0.717) is 5.88 Å². The van der Waals surface area contributed by atoms with Gasteiger partial charge in [0.15, 0.2) is 0 Å². The summed E-state index contributed by atoms with van der Waals surface area (Å²) in [7, 11) is 1.59. The molecule has 2 N–H and O–H groups in total. The van der Waals surface area contributed by atoms with Crippen molar-refractivity contribution >= 4 is 6.08 Å². The van der Waals surface area contributed by atoms with E-state index in [-0.39, 0.29) is 24.0 Å². The van der Waals surface area contributed by atoms with Crippen LogP contribution in [-0.4, -0.2) is 52.1 Å². The number of nitrogens with zero attached hydrogens (tertiary/aromatic N) is 4. The number of nitrogens with one attached hydrogen (secondary N) is 2. The van der Waals surface area contributed by atoms with Gasteiger partial charge < -0.3 is 14.0 Å². The first kappa shape index (κ1) is 23.4. The van der Waals surface area contributed by atoms with Crippen LogP contribution in [0.4, 0.5) is 8.78 Å². The molecule has 2 aliphatic rings. The lowest BCUT2D eigenvalue weighted by molar-refractivity contribution is -0.0511. The van der Waals surface area contributed by atoms with E-state index >= 15 is 0 Å². The highest BCUT2D eigenvalue weighted by Crippen LogP contribution is 2.38. The zero-order valence-corrected chi connectivity index (χ0v) is 19.6. The molecule has 4 heterocycles. The number of benzene rings is 1. The van der Waals surface area contributed by atoms with Crippen molar-refractivity contribution in [3.8, 4) is 17.3 Å². The number of aryl methyl sites for hydroxylation is 1. The maximum Gasteiger partial charge on any atom is 0.387 e. The van der Waals surface area contributed by atoms with E-state index in [4.69, 9.17) is 9.47 Å². The number of imidazole rings is 1. The van der Waals surface area contributed by atoms with Gasteiger partial charge in [0.1, 0.15) is 11.4 Å². The first-order valence-electron chi connectivity index (χ1n) is 11.6. The van der Waals surface area contributed by atoms with E-state index in [9.17, 15) is 8.78 Å². The van der Waals surface area contributed by atoms with Gasteiger partial charge in [0.25, 0.3) is 0 Å². The van der Waals surface area contributed by atoms with Crippen LogP contribution in [0.2, 0.25) is 0 Å². The summed E-state index contributed by atoms with van der Waals surface area (Å²) >= 11 is 0. The predicted molar refractivity (Wildman–Crippen MR) is 127 cm³/mol. The van der Waals surface area contributed by atoms with Crippen LogP contribution in [-0.2, 0) is 0 Å². The van der Waals surface area contributed by atoms with Crippen molar-refractivity contribution in [3.63, 3.8) is 0 Å². The van der Waals surface area contributed by atoms with E-state index in [1.807, 2.05) is 54.1 Å². The van der Waals surface area contributed by atoms with Gasteiger partial charge in [-0.2, -0.15) is 8.78 Å². The number of halogens is 2. The molecule has 0 radical (unpaired) electrons. The van der Waals surface area contributed by atoms with Gasteiger partial charge >= 0.3 is 6.61 Å². The Morgan fingerprint density at radius 3 is 2.83 bits per heavy atom. The Bertz CT molecular complexity index is 1200. The molecule has 2 aliphatic heterocycles. The van der Waals surface area contributed by atoms with Crippen molar-refractivity contribution in [2.45, 2.75) is 44.6 Å². The third-order valence-corrected chi connectivity index (χ3v) is 6.33. The number of piperidine rings is 1. The molecule has 0 amide bonds. The van der Waals surface area contributed by atoms with E-state index in [1.54, 1.807) is 25.6 Å². The molecule has 2 saturated heterocycles. The first-order valence-corrected chi connectivity index (χ1v) is 11.6. The topological polar surface area (TPSA) is 76.5 Å². The molecule has 5 rings (SSSR count). The summed E-state index contributed by atoms with van der Waals surface area (Å²) in [6.45, 7) is -0.0611. The Hall–Kier alpha value is -3.34. The number of ether oxygens (including phenoxy) is 2. The number of hydrogen-bond donors (Lipinski definition) is 2. The van der Waals surface area contributed by atoms with E-state index < -0.39 is 6.61 Å². The van der Waals surface area contributed by atoms with Crippen molar-refractivity contribution in [1.29, 1.82) is 0 Å². The van der Waals surface area contributed by atoms with Crippen LogP contribution in [0, 0.1) is 6.92 Å². The molecule has 2 aromatic heterocycles. The summed E-state index contributed by atoms with van der Waals surface area (Å²) in [4.78, 5) is 8.88. The largest absolute Gasteiger partial charge is 0.479 e. The van der Waals surface area contributed by atoms with Crippen molar-refractivity contribution in [3.05, 3.63) is 71.9 Å². The molecule has 184 valence electrons. The van der Waals surface area contributed by atoms with Gasteiger partial charge in [0, 0.05) is 24.2 Å². The van der Waals surface area contributed by atoms with Crippen molar-refractivity contribution in [2.75, 3.05) is 13.7 Å². The summed E-state index contributed by atoms with van der Waals surface area (Å²) in [5.41, 5.74) is 6.73. The second-order valence-electron chi connectivity index (χ2n) is 8.62. The summed E-state index contributed by atoms with van der Waals surface area (Å²) < 4.78 is 38.1. The van der Waals surface area contributed by atoms with Crippen molar-refractivity contribution < 1.29 is 18.3 Å². The van der Waals surface area contributed by atoms with Crippen LogP contribution in [0.3, 0.4) is 0 Å². The highest BCUT2D eigenvalue weighted by Gasteiger charge is 2.39. The molecular formula is C25H28F2N6O2. The lowest BCUT2D eigenvalue weighted by atomic mass is 9.87. The van der Waals surface area contributed by atoms with Gasteiger partial charge in [-0.25, -0.2) is 20.4 Å². The number of rotatable bonds is 7. The number of aromatic nitrogens is 3. The zero-order chi connectivity index (χ0) is 24.4. The molecule has 0 saturated carbocycles. The molecule has 3 aromatic rings. The third kappa shape index (κ3) is 5.04. The molecule has 10 heteroatoms. The summed E-state index contributed by atoms with van der Waals surface area (Å²) in [6, 6.07) is 10.9. The zero-order valence-electron chi connectivity index (χ0n) is 19.6. The average molecular weight is 483 g/mol. The van der Waals surface area contributed by atoms with Gasteiger partial charge in [-0.05, 0) is 50.1 Å². The van der Waals surface area contributed by atoms with Crippen LogP contribution >= 0.6 is 0 Å². The molecule has 0 aliphatic carbocycles. The molecule has 2 unspecified atom stereocenters. The van der Waals surface area contributed by atoms with Crippen LogP contribution < -0.4 is 20.2 Å². The summed E-state index contributed by atoms with van der Waals surface area (Å²) in [5, 5.41) is 5.71. The number of alkyl halides is 2. The van der Waals surface area contributed by atoms with Gasteiger partial charge in [-0.15, -0.1) is 0 Å². The standard InChI is InChI=1S/C25H28F2N6O2/c1-16-14-32(15-28-16)20-11-9-17(29-24(20)34-2)10-12-22-30-23-19(7-5-13-33(23)31-22)18-6-3-4-8-21(18)35-25(26)27/h3-4,6,8-12,14-15,19,22-23,25,30-31H,5,7,13H2,1-2H3/b12-10+/t19-,22?,23?/m0/s1. The van der Waals surface area contributed by atoms with Crippen LogP contribution in [0.1, 0.15) is 35.7 Å². The fraction of sp³-hybridized carbons (Fsp3) is 0.360. The molecule has 8 nitrogen and oxygen atoms in total. The highest BCUT2D eigenvalue weighted by molar-refractivity contribution is 5.52. The fourth-order valence-electron chi connectivity index (χ4n) is 4.80. The second-order valence-corrected chi connectivity index (χ2v) is 8.62. The number of hydrogen-bond acceptors (Lipinski definition) is 7. The third-order valence-electron chi connectivity index (χ3n) is 6.33. The minimum absolute atomic E-state index is 0.0146. The highest BCUT2D eigenvalue weighted by atomic mass is 19.3. The Kier molecular flexibility index (Phi) is 6.76. The second kappa shape index (κ2) is 10.1. The molecule has 35 heavy (non-hydrogen) atoms. The molecule has 1 aromatic carbocycles. The van der Waals surface area contributed by atoms with E-state index in [0.717, 1.165) is 42.0 Å². The Labute approximate surface area is 202 Å².